The molecule has 0 spiro atoms. The number of hydrogen-bond donors (Lipinski definition) is 1. The van der Waals surface area contributed by atoms with Crippen molar-refractivity contribution in [2.75, 3.05) is 13.1 Å². The van der Waals surface area contributed by atoms with E-state index in [4.69, 9.17) is 5.11 Å². The molecule has 1 amide bonds. The van der Waals surface area contributed by atoms with Crippen molar-refractivity contribution in [2.24, 2.45) is 0 Å². The summed E-state index contributed by atoms with van der Waals surface area (Å²) in [5, 5.41) is 9.02. The zero-order chi connectivity index (χ0) is 11.8. The summed E-state index contributed by atoms with van der Waals surface area (Å²) >= 11 is 0. The third-order valence-electron chi connectivity index (χ3n) is 3.83. The molecule has 1 aromatic rings. The number of rotatable bonds is 2. The normalized spacial score (nSPS) is 27.6. The Hall–Kier alpha value is -1.55. The molecule has 0 aliphatic carbocycles. The average molecular weight is 232 g/mol. The molecule has 4 nitrogen and oxygen atoms in total. The number of carbonyl (C=O) groups is 1. The summed E-state index contributed by atoms with van der Waals surface area (Å²) in [4.78, 5) is 15.0. The van der Waals surface area contributed by atoms with Crippen LogP contribution in [0.5, 0.6) is 0 Å². The van der Waals surface area contributed by atoms with Gasteiger partial charge in [0.05, 0.1) is 0 Å². The van der Waals surface area contributed by atoms with Gasteiger partial charge in [0.1, 0.15) is 0 Å². The van der Waals surface area contributed by atoms with E-state index >= 15 is 0 Å². The van der Waals surface area contributed by atoms with Crippen LogP contribution in [0.15, 0.2) is 30.3 Å². The molecule has 0 radical (unpaired) electrons. The molecule has 2 bridgehead atoms. The van der Waals surface area contributed by atoms with E-state index in [0.717, 1.165) is 19.5 Å². The van der Waals surface area contributed by atoms with E-state index in [-0.39, 0.29) is 6.04 Å². The first-order valence-corrected chi connectivity index (χ1v) is 6.01. The van der Waals surface area contributed by atoms with E-state index in [9.17, 15) is 4.79 Å². The molecule has 4 heteroatoms. The topological polar surface area (TPSA) is 43.8 Å². The fraction of sp³-hybridized carbons (Fsp3) is 0.462. The summed E-state index contributed by atoms with van der Waals surface area (Å²) < 4.78 is 0. The molecule has 2 saturated heterocycles. The second-order valence-electron chi connectivity index (χ2n) is 4.89. The Labute approximate surface area is 100 Å². The Bertz CT molecular complexity index is 421. The van der Waals surface area contributed by atoms with Gasteiger partial charge in [0.15, 0.2) is 0 Å². The van der Waals surface area contributed by atoms with Gasteiger partial charge in [-0.15, -0.1) is 0 Å². The molecule has 90 valence electrons. The van der Waals surface area contributed by atoms with Gasteiger partial charge >= 0.3 is 6.09 Å². The number of likely N-dealkylation sites (tertiary alicyclic amines) is 2. The second kappa shape index (κ2) is 4.04. The Morgan fingerprint density at radius 3 is 2.59 bits per heavy atom. The largest absolute Gasteiger partial charge is 0.465 e. The van der Waals surface area contributed by atoms with Crippen molar-refractivity contribution in [2.45, 2.75) is 25.0 Å². The van der Waals surface area contributed by atoms with Gasteiger partial charge in [-0.2, -0.15) is 0 Å². The summed E-state index contributed by atoms with van der Waals surface area (Å²) in [6, 6.07) is 11.0. The van der Waals surface area contributed by atoms with Crippen molar-refractivity contribution in [3.63, 3.8) is 0 Å². The number of benzene rings is 1. The molecule has 2 aliphatic heterocycles. The highest BCUT2D eigenvalue weighted by Gasteiger charge is 2.44. The third kappa shape index (κ3) is 1.89. The minimum atomic E-state index is -0.767. The molecular weight excluding hydrogens is 216 g/mol. The summed E-state index contributed by atoms with van der Waals surface area (Å²) in [5.74, 6) is 0. The van der Waals surface area contributed by atoms with Gasteiger partial charge in [-0.3, -0.25) is 4.90 Å². The van der Waals surface area contributed by atoms with Gasteiger partial charge in [0, 0.05) is 31.7 Å². The zero-order valence-corrected chi connectivity index (χ0v) is 9.62. The SMILES string of the molecule is O=C(O)N1C[C@H]2C[C@@H]1CN2Cc1ccccc1. The van der Waals surface area contributed by atoms with Gasteiger partial charge in [-0.05, 0) is 12.0 Å². The molecule has 17 heavy (non-hydrogen) atoms. The van der Waals surface area contributed by atoms with Crippen LogP contribution in [-0.4, -0.2) is 46.2 Å². The Kier molecular flexibility index (Phi) is 2.52. The number of piperazine rings is 1. The van der Waals surface area contributed by atoms with E-state index in [2.05, 4.69) is 17.0 Å². The van der Waals surface area contributed by atoms with Crippen LogP contribution in [0.2, 0.25) is 0 Å². The highest BCUT2D eigenvalue weighted by atomic mass is 16.4. The zero-order valence-electron chi connectivity index (χ0n) is 9.62. The predicted molar refractivity (Wildman–Crippen MR) is 63.8 cm³/mol. The van der Waals surface area contributed by atoms with Crippen molar-refractivity contribution in [3.05, 3.63) is 35.9 Å². The fourth-order valence-electron chi connectivity index (χ4n) is 3.00. The maximum atomic E-state index is 11.0. The highest BCUT2D eigenvalue weighted by molar-refractivity contribution is 5.66. The van der Waals surface area contributed by atoms with E-state index < -0.39 is 6.09 Å². The average Bonchev–Trinajstić information content (AvgIpc) is 2.89. The van der Waals surface area contributed by atoms with Gasteiger partial charge < -0.3 is 10.0 Å². The van der Waals surface area contributed by atoms with Crippen LogP contribution in [0, 0.1) is 0 Å². The molecule has 1 N–H and O–H groups in total. The van der Waals surface area contributed by atoms with Crippen LogP contribution in [0.3, 0.4) is 0 Å². The van der Waals surface area contributed by atoms with Crippen LogP contribution in [0.1, 0.15) is 12.0 Å². The molecule has 3 rings (SSSR count). The van der Waals surface area contributed by atoms with E-state index in [1.54, 1.807) is 4.90 Å². The minimum absolute atomic E-state index is 0.209. The minimum Gasteiger partial charge on any atom is -0.465 e. The Morgan fingerprint density at radius 2 is 2.00 bits per heavy atom. The van der Waals surface area contributed by atoms with Crippen LogP contribution in [-0.2, 0) is 6.54 Å². The van der Waals surface area contributed by atoms with Crippen molar-refractivity contribution in [1.29, 1.82) is 0 Å². The number of hydrogen-bond acceptors (Lipinski definition) is 2. The second-order valence-corrected chi connectivity index (χ2v) is 4.89. The van der Waals surface area contributed by atoms with Crippen molar-refractivity contribution >= 4 is 6.09 Å². The smallest absolute Gasteiger partial charge is 0.407 e. The van der Waals surface area contributed by atoms with Crippen molar-refractivity contribution in [1.82, 2.24) is 9.80 Å². The van der Waals surface area contributed by atoms with Crippen LogP contribution < -0.4 is 0 Å². The Balaban J connectivity index is 1.65. The van der Waals surface area contributed by atoms with E-state index in [1.165, 1.54) is 5.56 Å². The fourth-order valence-corrected chi connectivity index (χ4v) is 3.00. The van der Waals surface area contributed by atoms with Gasteiger partial charge in [0.2, 0.25) is 0 Å². The highest BCUT2D eigenvalue weighted by Crippen LogP contribution is 2.31. The van der Waals surface area contributed by atoms with Crippen LogP contribution in [0.25, 0.3) is 0 Å². The molecule has 2 aliphatic rings. The quantitative estimate of drug-likeness (QED) is 0.842. The lowest BCUT2D eigenvalue weighted by molar-refractivity contribution is 0.100. The van der Waals surface area contributed by atoms with E-state index in [0.29, 0.717) is 12.6 Å². The molecule has 0 saturated carbocycles. The lowest BCUT2D eigenvalue weighted by Gasteiger charge is -2.32. The lowest BCUT2D eigenvalue weighted by atomic mass is 10.2. The van der Waals surface area contributed by atoms with Crippen molar-refractivity contribution < 1.29 is 9.90 Å². The molecule has 0 aromatic heterocycles. The molecule has 2 heterocycles. The van der Waals surface area contributed by atoms with Gasteiger partial charge in [0.25, 0.3) is 0 Å². The standard InChI is InChI=1S/C13H16N2O2/c16-13(17)15-9-11-6-12(15)8-14(11)7-10-4-2-1-3-5-10/h1-5,11-12H,6-9H2,(H,16,17)/t11-,12-/m1/s1. The number of amides is 1. The predicted octanol–water partition coefficient (Wildman–Crippen LogP) is 1.62. The lowest BCUT2D eigenvalue weighted by Crippen LogP contribution is -2.47. The first-order chi connectivity index (χ1) is 8.24. The van der Waals surface area contributed by atoms with Gasteiger partial charge in [-0.25, -0.2) is 4.79 Å². The summed E-state index contributed by atoms with van der Waals surface area (Å²) in [5.41, 5.74) is 1.31. The van der Waals surface area contributed by atoms with Crippen LogP contribution >= 0.6 is 0 Å². The monoisotopic (exact) mass is 232 g/mol. The number of nitrogens with zero attached hydrogens (tertiary/aromatic N) is 2. The third-order valence-corrected chi connectivity index (χ3v) is 3.83. The summed E-state index contributed by atoms with van der Waals surface area (Å²) in [7, 11) is 0. The molecule has 2 fully saturated rings. The molecule has 1 aromatic carbocycles. The van der Waals surface area contributed by atoms with Crippen LogP contribution in [0.4, 0.5) is 4.79 Å². The summed E-state index contributed by atoms with van der Waals surface area (Å²) in [6.07, 6.45) is 0.232. The maximum absolute atomic E-state index is 11.0. The summed E-state index contributed by atoms with van der Waals surface area (Å²) in [6.45, 7) is 2.49. The number of carboxylic acid groups (broad SMARTS) is 1. The molecular formula is C13H16N2O2. The van der Waals surface area contributed by atoms with E-state index in [1.807, 2.05) is 18.2 Å². The first-order valence-electron chi connectivity index (χ1n) is 6.01. The van der Waals surface area contributed by atoms with Crippen molar-refractivity contribution in [3.8, 4) is 0 Å². The molecule has 0 unspecified atom stereocenters. The van der Waals surface area contributed by atoms with Gasteiger partial charge in [-0.1, -0.05) is 30.3 Å². The maximum Gasteiger partial charge on any atom is 0.407 e. The number of fused-ring (bicyclic) bond motifs is 2. The molecule has 2 atom stereocenters. The Morgan fingerprint density at radius 1 is 1.24 bits per heavy atom. The first kappa shape index (κ1) is 10.6.